The Bertz CT molecular complexity index is 2140. The minimum Gasteiger partial charge on any atom is -0.496 e. The predicted octanol–water partition coefficient (Wildman–Crippen LogP) is 7.51. The van der Waals surface area contributed by atoms with E-state index in [1.54, 1.807) is 31.5 Å². The maximum atomic E-state index is 13.4. The van der Waals surface area contributed by atoms with Crippen molar-refractivity contribution in [2.75, 3.05) is 32.7 Å². The van der Waals surface area contributed by atoms with Crippen LogP contribution in [0.5, 0.6) is 17.2 Å². The number of amides is 1. The van der Waals surface area contributed by atoms with E-state index in [1.165, 1.54) is 65.6 Å². The summed E-state index contributed by atoms with van der Waals surface area (Å²) >= 11 is 8.11. The molecule has 252 valence electrons. The van der Waals surface area contributed by atoms with Gasteiger partial charge in [0.2, 0.25) is 0 Å². The number of methoxy groups -OCH3 is 2. The third kappa shape index (κ3) is 8.07. The van der Waals surface area contributed by atoms with Gasteiger partial charge in [-0.15, -0.1) is 23.7 Å². The number of nitrogens with zero attached hydrogens (tertiary/aromatic N) is 3. The highest BCUT2D eigenvalue weighted by Gasteiger charge is 2.21. The lowest BCUT2D eigenvalue weighted by Gasteiger charge is -2.13. The third-order valence-corrected chi connectivity index (χ3v) is 8.74. The van der Waals surface area contributed by atoms with Crippen LogP contribution in [-0.2, 0) is 11.3 Å². The molecule has 0 fully saturated rings. The molecule has 0 aliphatic rings. The fourth-order valence-electron chi connectivity index (χ4n) is 4.88. The Balaban J connectivity index is 0.00000468. The van der Waals surface area contributed by atoms with E-state index in [0.717, 1.165) is 32.9 Å². The highest BCUT2D eigenvalue weighted by atomic mass is 35.5. The summed E-state index contributed by atoms with van der Waals surface area (Å²) in [5, 5.41) is 6.25. The van der Waals surface area contributed by atoms with Crippen molar-refractivity contribution in [2.45, 2.75) is 6.54 Å². The summed E-state index contributed by atoms with van der Waals surface area (Å²) in [4.78, 5) is 36.7. The quantitative estimate of drug-likeness (QED) is 0.125. The van der Waals surface area contributed by atoms with Gasteiger partial charge in [-0.2, -0.15) is 0 Å². The molecule has 6 rings (SSSR count). The molecule has 49 heavy (non-hydrogen) atoms. The van der Waals surface area contributed by atoms with Crippen molar-refractivity contribution in [3.05, 3.63) is 124 Å². The lowest BCUT2D eigenvalue weighted by Crippen LogP contribution is -2.28. The Morgan fingerprint density at radius 1 is 0.980 bits per heavy atom. The van der Waals surface area contributed by atoms with E-state index >= 15 is 0 Å². The van der Waals surface area contributed by atoms with Crippen LogP contribution in [0.25, 0.3) is 26.5 Å². The van der Waals surface area contributed by atoms with Crippen LogP contribution >= 0.6 is 35.3 Å². The van der Waals surface area contributed by atoms with Gasteiger partial charge >= 0.3 is 0 Å². The zero-order valence-electron chi connectivity index (χ0n) is 26.2. The van der Waals surface area contributed by atoms with Crippen LogP contribution in [0.4, 0.5) is 10.1 Å². The number of hydrogen-bond donors (Lipinski definition) is 2. The Labute approximate surface area is 295 Å². The van der Waals surface area contributed by atoms with Gasteiger partial charge in [0.15, 0.2) is 0 Å². The number of rotatable bonds is 12. The highest BCUT2D eigenvalue weighted by Crippen LogP contribution is 2.40. The molecule has 4 aromatic heterocycles. The van der Waals surface area contributed by atoms with E-state index in [0.29, 0.717) is 36.0 Å². The van der Waals surface area contributed by atoms with Crippen LogP contribution in [0.15, 0.2) is 96.2 Å². The fraction of sp³-hybridized carbons (Fsp3) is 0.143. The van der Waals surface area contributed by atoms with Gasteiger partial charge < -0.3 is 24.8 Å². The van der Waals surface area contributed by atoms with E-state index < -0.39 is 17.3 Å². The lowest BCUT2D eigenvalue weighted by molar-refractivity contribution is 0.102. The topological polar surface area (TPSA) is 117 Å². The van der Waals surface area contributed by atoms with Crippen LogP contribution < -0.4 is 25.7 Å². The molecule has 0 aliphatic heterocycles. The van der Waals surface area contributed by atoms with E-state index in [9.17, 15) is 14.0 Å². The molecule has 0 bridgehead atoms. The van der Waals surface area contributed by atoms with Crippen LogP contribution in [0, 0.1) is 5.82 Å². The average molecular weight is 723 g/mol. The zero-order chi connectivity index (χ0) is 33.6. The van der Waals surface area contributed by atoms with Gasteiger partial charge in [-0.05, 0) is 66.2 Å². The number of fused-ring (bicyclic) bond motifs is 1. The van der Waals surface area contributed by atoms with Crippen LogP contribution in [0.2, 0.25) is 5.02 Å². The summed E-state index contributed by atoms with van der Waals surface area (Å²) in [5.74, 6) is -0.151. The Morgan fingerprint density at radius 3 is 2.51 bits per heavy atom. The number of carbonyl (C=O) groups excluding carboxylic acids is 1. The number of hydrogen-bond acceptors (Lipinski definition) is 9. The number of benzene rings is 2. The van der Waals surface area contributed by atoms with Crippen molar-refractivity contribution in [3.8, 4) is 33.5 Å². The number of carbonyl (C=O) groups is 1. The minimum absolute atomic E-state index is 0. The molecule has 0 atom stereocenters. The normalized spacial score (nSPS) is 10.9. The second kappa shape index (κ2) is 16.0. The molecule has 0 spiro atoms. The molecule has 14 heteroatoms. The standard InChI is InChI=1S/C35H29ClFN5O5S.ClH/c1-45-16-14-38-19-21-3-9-26(40-20-21)31-18-27-33(48-31)30(11-13-39-27)47-28-10-6-23(17-25(28)36)41-34(43)32-29(46-2)12-15-42(35(32)44)24-7-4-22(37)5-8-24;/h3-13,15,17-18,20,38H,14,16,19H2,1-2H3,(H,41,43);1H. The minimum atomic E-state index is -0.705. The summed E-state index contributed by atoms with van der Waals surface area (Å²) < 4.78 is 32.1. The van der Waals surface area contributed by atoms with Crippen LogP contribution in [0.3, 0.4) is 0 Å². The zero-order valence-corrected chi connectivity index (χ0v) is 28.6. The van der Waals surface area contributed by atoms with Crippen molar-refractivity contribution in [3.63, 3.8) is 0 Å². The van der Waals surface area contributed by atoms with Gasteiger partial charge in [0, 0.05) is 56.2 Å². The van der Waals surface area contributed by atoms with E-state index in [1.807, 2.05) is 24.4 Å². The van der Waals surface area contributed by atoms with Gasteiger partial charge in [0.25, 0.3) is 11.5 Å². The number of thiophene rings is 1. The largest absolute Gasteiger partial charge is 0.496 e. The van der Waals surface area contributed by atoms with Gasteiger partial charge in [-0.1, -0.05) is 17.7 Å². The average Bonchev–Trinajstić information content (AvgIpc) is 3.54. The predicted molar refractivity (Wildman–Crippen MR) is 192 cm³/mol. The molecule has 1 amide bonds. The number of halogens is 3. The third-order valence-electron chi connectivity index (χ3n) is 7.28. The monoisotopic (exact) mass is 721 g/mol. The molecule has 6 aromatic rings. The van der Waals surface area contributed by atoms with Crippen molar-refractivity contribution in [2.24, 2.45) is 0 Å². The van der Waals surface area contributed by atoms with Crippen molar-refractivity contribution >= 4 is 57.2 Å². The van der Waals surface area contributed by atoms with Crippen molar-refractivity contribution < 1.29 is 23.4 Å². The molecule has 0 unspecified atom stereocenters. The lowest BCUT2D eigenvalue weighted by atomic mass is 10.2. The second-order valence-electron chi connectivity index (χ2n) is 10.5. The highest BCUT2D eigenvalue weighted by molar-refractivity contribution is 7.22. The second-order valence-corrected chi connectivity index (χ2v) is 11.9. The SMILES string of the molecule is COCCNCc1ccc(-c2cc3nccc(Oc4ccc(NC(=O)c5c(OC)ccn(-c6ccc(F)cc6)c5=O)cc4Cl)c3s2)nc1.Cl. The number of anilines is 1. The molecule has 0 radical (unpaired) electrons. The molecule has 0 aliphatic carbocycles. The molecular formula is C35H30Cl2FN5O5S. The molecule has 4 heterocycles. The summed E-state index contributed by atoms with van der Waals surface area (Å²) in [6, 6.07) is 19.3. The molecular weight excluding hydrogens is 692 g/mol. The first-order chi connectivity index (χ1) is 23.3. The molecule has 2 N–H and O–H groups in total. The van der Waals surface area contributed by atoms with Crippen LogP contribution in [0.1, 0.15) is 15.9 Å². The van der Waals surface area contributed by atoms with E-state index in [4.69, 9.17) is 25.8 Å². The van der Waals surface area contributed by atoms with E-state index in [-0.39, 0.29) is 28.7 Å². The summed E-state index contributed by atoms with van der Waals surface area (Å²) in [6.07, 6.45) is 4.96. The van der Waals surface area contributed by atoms with Gasteiger partial charge in [-0.3, -0.25) is 24.1 Å². The smallest absolute Gasteiger partial charge is 0.271 e. The van der Waals surface area contributed by atoms with Crippen molar-refractivity contribution in [1.82, 2.24) is 19.9 Å². The number of ether oxygens (including phenoxy) is 3. The summed E-state index contributed by atoms with van der Waals surface area (Å²) in [6.45, 7) is 2.10. The fourth-order valence-corrected chi connectivity index (χ4v) is 6.14. The Kier molecular flexibility index (Phi) is 11.6. The maximum Gasteiger partial charge on any atom is 0.271 e. The summed E-state index contributed by atoms with van der Waals surface area (Å²) in [7, 11) is 3.03. The first-order valence-corrected chi connectivity index (χ1v) is 15.9. The van der Waals surface area contributed by atoms with Crippen molar-refractivity contribution in [1.29, 1.82) is 0 Å². The molecule has 0 saturated carbocycles. The maximum absolute atomic E-state index is 13.4. The first kappa shape index (κ1) is 35.5. The first-order valence-electron chi connectivity index (χ1n) is 14.7. The summed E-state index contributed by atoms with van der Waals surface area (Å²) in [5.41, 5.74) is 2.50. The van der Waals surface area contributed by atoms with E-state index in [2.05, 4.69) is 20.6 Å². The van der Waals surface area contributed by atoms with Gasteiger partial charge in [0.05, 0.1) is 39.5 Å². The van der Waals surface area contributed by atoms with Gasteiger partial charge in [0.1, 0.15) is 28.6 Å². The van der Waals surface area contributed by atoms with Crippen LogP contribution in [-0.4, -0.2) is 47.8 Å². The molecule has 10 nitrogen and oxygen atoms in total. The number of pyridine rings is 3. The number of aromatic nitrogens is 3. The Morgan fingerprint density at radius 2 is 1.80 bits per heavy atom. The van der Waals surface area contributed by atoms with Gasteiger partial charge in [-0.25, -0.2) is 4.39 Å². The number of nitrogens with one attached hydrogen (secondary N) is 2. The Hall–Kier alpha value is -4.85. The molecule has 0 saturated heterocycles. The molecule has 2 aromatic carbocycles.